The van der Waals surface area contributed by atoms with Crippen molar-refractivity contribution in [2.24, 2.45) is 5.73 Å². The number of benzene rings is 2. The number of amides is 2. The molecule has 13 heteroatoms. The molecule has 0 saturated carbocycles. The Labute approximate surface area is 216 Å². The number of nitrogens with one attached hydrogen (secondary N) is 3. The van der Waals surface area contributed by atoms with Crippen LogP contribution in [0.1, 0.15) is 18.4 Å². The third-order valence-corrected chi connectivity index (χ3v) is 5.37. The number of aromatic amines is 1. The Bertz CT molecular complexity index is 1240. The first-order valence-corrected chi connectivity index (χ1v) is 11.8. The molecule has 0 saturated heterocycles. The summed E-state index contributed by atoms with van der Waals surface area (Å²) in [5.74, 6) is -0.784. The highest BCUT2D eigenvalue weighted by molar-refractivity contribution is 5.99. The average Bonchev–Trinajstić information content (AvgIpc) is 2.86. The number of hydrogen-bond acceptors (Lipinski definition) is 7. The number of halogens is 3. The van der Waals surface area contributed by atoms with Gasteiger partial charge in [-0.25, -0.2) is 4.79 Å². The second-order valence-electron chi connectivity index (χ2n) is 8.28. The molecule has 0 aliphatic heterocycles. The predicted octanol–water partition coefficient (Wildman–Crippen LogP) is 3.51. The molecular weight excluding hydrogens is 505 g/mol. The van der Waals surface area contributed by atoms with Crippen LogP contribution in [0.15, 0.2) is 59.5 Å². The summed E-state index contributed by atoms with van der Waals surface area (Å²) in [6, 6.07) is 11.5. The number of para-hydroxylation sites is 2. The molecule has 2 amide bonds. The molecule has 0 aliphatic carbocycles. The second-order valence-corrected chi connectivity index (χ2v) is 8.28. The molecule has 38 heavy (non-hydrogen) atoms. The van der Waals surface area contributed by atoms with Crippen LogP contribution in [0, 0.1) is 0 Å². The van der Waals surface area contributed by atoms with E-state index in [0.29, 0.717) is 25.1 Å². The molecule has 0 atom stereocenters. The summed E-state index contributed by atoms with van der Waals surface area (Å²) in [6.45, 7) is 2.91. The molecule has 0 fully saturated rings. The molecule has 0 bridgehead atoms. The Balaban J connectivity index is 1.65. The highest BCUT2D eigenvalue weighted by Gasteiger charge is 2.32. The van der Waals surface area contributed by atoms with Crippen molar-refractivity contribution in [3.05, 3.63) is 70.6 Å². The van der Waals surface area contributed by atoms with Gasteiger partial charge in [-0.2, -0.15) is 4.98 Å². The average molecular weight is 535 g/mol. The Morgan fingerprint density at radius 1 is 1.08 bits per heavy atom. The first-order chi connectivity index (χ1) is 18.2. The van der Waals surface area contributed by atoms with Crippen LogP contribution >= 0.6 is 0 Å². The number of aliphatic hydroxyl groups is 1. The van der Waals surface area contributed by atoms with E-state index in [2.05, 4.69) is 30.2 Å². The van der Waals surface area contributed by atoms with E-state index in [4.69, 9.17) is 10.8 Å². The van der Waals surface area contributed by atoms with Gasteiger partial charge in [-0.15, -0.1) is 13.2 Å². The van der Waals surface area contributed by atoms with Crippen molar-refractivity contribution in [2.75, 3.05) is 36.9 Å². The number of aromatic nitrogens is 2. The highest BCUT2D eigenvalue weighted by atomic mass is 19.4. The van der Waals surface area contributed by atoms with Crippen LogP contribution in [0.2, 0.25) is 0 Å². The molecule has 0 aliphatic rings. The van der Waals surface area contributed by atoms with Gasteiger partial charge in [0.2, 0.25) is 5.95 Å². The Hall–Kier alpha value is -3.94. The van der Waals surface area contributed by atoms with Crippen LogP contribution in [-0.2, 0) is 6.54 Å². The number of aliphatic hydroxyl groups excluding tert-OH is 1. The van der Waals surface area contributed by atoms with Gasteiger partial charge in [0.25, 0.3) is 5.56 Å². The van der Waals surface area contributed by atoms with Crippen LogP contribution in [0.3, 0.4) is 0 Å². The smallest absolute Gasteiger partial charge is 0.404 e. The first-order valence-electron chi connectivity index (χ1n) is 11.8. The number of nitrogens with two attached hydrogens (primary N) is 1. The van der Waals surface area contributed by atoms with Crippen molar-refractivity contribution in [1.82, 2.24) is 14.9 Å². The standard InChI is InChI=1S/C25H29F3N6O4/c26-25(27,28)38-21-6-2-1-5-20(21)31-24(37)33-23-30-15-19(22(36)32-23)18-9-7-17(8-10-18)16-34(12-3-11-29)13-4-14-35/h1-2,5-10,15,35H,3-4,11-14,16,29H2,(H3,30,31,32,33,36,37). The molecule has 0 unspecified atom stereocenters. The van der Waals surface area contributed by atoms with E-state index in [0.717, 1.165) is 31.1 Å². The molecule has 6 N–H and O–H groups in total. The topological polar surface area (TPSA) is 146 Å². The van der Waals surface area contributed by atoms with E-state index in [1.165, 1.54) is 24.4 Å². The molecule has 0 spiro atoms. The summed E-state index contributed by atoms with van der Waals surface area (Å²) in [6.07, 6.45) is -2.04. The highest BCUT2D eigenvalue weighted by Crippen LogP contribution is 2.30. The minimum absolute atomic E-state index is 0.111. The van der Waals surface area contributed by atoms with Gasteiger partial charge in [0.05, 0.1) is 11.3 Å². The van der Waals surface area contributed by atoms with Crippen LogP contribution in [0.25, 0.3) is 11.1 Å². The number of anilines is 2. The van der Waals surface area contributed by atoms with Crippen molar-refractivity contribution in [1.29, 1.82) is 0 Å². The quantitative estimate of drug-likeness (QED) is 0.239. The van der Waals surface area contributed by atoms with E-state index >= 15 is 0 Å². The Kier molecular flexibility index (Phi) is 10.2. The molecule has 10 nitrogen and oxygen atoms in total. The van der Waals surface area contributed by atoms with Crippen molar-refractivity contribution in [3.8, 4) is 16.9 Å². The van der Waals surface area contributed by atoms with Gasteiger partial charge in [-0.3, -0.25) is 15.0 Å². The maximum Gasteiger partial charge on any atom is 0.573 e. The lowest BCUT2D eigenvalue weighted by Gasteiger charge is -2.22. The number of rotatable bonds is 12. The zero-order valence-electron chi connectivity index (χ0n) is 20.4. The zero-order valence-corrected chi connectivity index (χ0v) is 20.4. The monoisotopic (exact) mass is 534 g/mol. The van der Waals surface area contributed by atoms with Crippen LogP contribution in [0.5, 0.6) is 5.75 Å². The number of carbonyl (C=O) groups is 1. The summed E-state index contributed by atoms with van der Waals surface area (Å²) in [4.78, 5) is 33.6. The molecule has 0 radical (unpaired) electrons. The summed E-state index contributed by atoms with van der Waals surface area (Å²) in [5.41, 5.74) is 6.69. The predicted molar refractivity (Wildman–Crippen MR) is 137 cm³/mol. The minimum Gasteiger partial charge on any atom is -0.404 e. The fourth-order valence-corrected chi connectivity index (χ4v) is 3.64. The fraction of sp³-hybridized carbons (Fsp3) is 0.320. The fourth-order valence-electron chi connectivity index (χ4n) is 3.64. The lowest BCUT2D eigenvalue weighted by Crippen LogP contribution is -2.27. The first kappa shape index (κ1) is 28.6. The zero-order chi connectivity index (χ0) is 27.5. The largest absolute Gasteiger partial charge is 0.573 e. The molecule has 1 aromatic heterocycles. The number of hydrogen-bond donors (Lipinski definition) is 5. The third-order valence-electron chi connectivity index (χ3n) is 5.37. The SMILES string of the molecule is NCCCN(CCCO)Cc1ccc(-c2c[nH]c(NC(=O)Nc3ccccc3OC(F)(F)F)nc2=O)cc1. The number of urea groups is 1. The van der Waals surface area contributed by atoms with Crippen molar-refractivity contribution < 1.29 is 27.8 Å². The Morgan fingerprint density at radius 3 is 2.45 bits per heavy atom. The van der Waals surface area contributed by atoms with Crippen LogP contribution < -0.4 is 26.7 Å². The van der Waals surface area contributed by atoms with E-state index in [9.17, 15) is 22.8 Å². The summed E-state index contributed by atoms with van der Waals surface area (Å²) >= 11 is 0. The number of H-pyrrole nitrogens is 1. The van der Waals surface area contributed by atoms with Gasteiger partial charge in [0.1, 0.15) is 0 Å². The van der Waals surface area contributed by atoms with E-state index < -0.39 is 23.7 Å². The van der Waals surface area contributed by atoms with E-state index in [-0.39, 0.29) is 23.8 Å². The maximum absolute atomic E-state index is 12.6. The Morgan fingerprint density at radius 2 is 1.79 bits per heavy atom. The second kappa shape index (κ2) is 13.6. The van der Waals surface area contributed by atoms with Gasteiger partial charge >= 0.3 is 12.4 Å². The molecule has 3 aromatic rings. The number of carbonyl (C=O) groups excluding carboxylic acids is 1. The van der Waals surface area contributed by atoms with Crippen molar-refractivity contribution >= 4 is 17.7 Å². The van der Waals surface area contributed by atoms with Gasteiger partial charge in [0, 0.05) is 25.9 Å². The number of nitrogens with zero attached hydrogens (tertiary/aromatic N) is 2. The molecular formula is C25H29F3N6O4. The number of alkyl halides is 3. The van der Waals surface area contributed by atoms with Crippen molar-refractivity contribution in [2.45, 2.75) is 25.7 Å². The number of ether oxygens (including phenoxy) is 1. The van der Waals surface area contributed by atoms with Crippen molar-refractivity contribution in [3.63, 3.8) is 0 Å². The molecule has 2 aromatic carbocycles. The maximum atomic E-state index is 12.6. The van der Waals surface area contributed by atoms with Gasteiger partial charge in [0.15, 0.2) is 5.75 Å². The van der Waals surface area contributed by atoms with Crippen LogP contribution in [0.4, 0.5) is 29.6 Å². The lowest BCUT2D eigenvalue weighted by molar-refractivity contribution is -0.274. The summed E-state index contributed by atoms with van der Waals surface area (Å²) < 4.78 is 41.6. The van der Waals surface area contributed by atoms with Gasteiger partial charge < -0.3 is 25.9 Å². The molecule has 3 rings (SSSR count). The summed E-state index contributed by atoms with van der Waals surface area (Å²) in [5, 5.41) is 13.6. The van der Waals surface area contributed by atoms with E-state index in [1.54, 1.807) is 12.1 Å². The summed E-state index contributed by atoms with van der Waals surface area (Å²) in [7, 11) is 0. The lowest BCUT2D eigenvalue weighted by atomic mass is 10.1. The van der Waals surface area contributed by atoms with Gasteiger partial charge in [-0.05, 0) is 49.2 Å². The minimum atomic E-state index is -4.93. The normalized spacial score (nSPS) is 11.4. The third kappa shape index (κ3) is 8.87. The molecule has 204 valence electrons. The van der Waals surface area contributed by atoms with Crippen LogP contribution in [-0.4, -0.2) is 58.6 Å². The van der Waals surface area contributed by atoms with Gasteiger partial charge in [-0.1, -0.05) is 36.4 Å². The van der Waals surface area contributed by atoms with E-state index in [1.807, 2.05) is 12.1 Å². The molecule has 1 heterocycles.